The molecule has 3 aromatic heterocycles. The molecule has 29 heavy (non-hydrogen) atoms. The van der Waals surface area contributed by atoms with E-state index in [0.29, 0.717) is 13.1 Å². The number of rotatable bonds is 4. The Morgan fingerprint density at radius 1 is 1.07 bits per heavy atom. The van der Waals surface area contributed by atoms with Crippen LogP contribution in [-0.4, -0.2) is 25.2 Å². The number of thiophene rings is 1. The van der Waals surface area contributed by atoms with Gasteiger partial charge in [-0.15, -0.1) is 11.3 Å². The highest BCUT2D eigenvalue weighted by molar-refractivity contribution is 7.10. The number of benzene rings is 1. The van der Waals surface area contributed by atoms with Crippen molar-refractivity contribution in [3.8, 4) is 11.5 Å². The molecule has 144 valence electrons. The van der Waals surface area contributed by atoms with E-state index >= 15 is 0 Å². The Bertz CT molecular complexity index is 1170. The summed E-state index contributed by atoms with van der Waals surface area (Å²) < 4.78 is 4.05. The van der Waals surface area contributed by atoms with Gasteiger partial charge in [-0.3, -0.25) is 4.79 Å². The van der Waals surface area contributed by atoms with Gasteiger partial charge in [0.15, 0.2) is 0 Å². The summed E-state index contributed by atoms with van der Waals surface area (Å²) in [5.41, 5.74) is 4.28. The average molecular weight is 401 g/mol. The van der Waals surface area contributed by atoms with Gasteiger partial charge in [0.05, 0.1) is 24.5 Å². The Balaban J connectivity index is 1.48. The number of aryl methyl sites for hydroxylation is 1. The van der Waals surface area contributed by atoms with Crippen LogP contribution in [0.15, 0.2) is 72.4 Å². The van der Waals surface area contributed by atoms with Crippen molar-refractivity contribution in [1.29, 1.82) is 0 Å². The summed E-state index contributed by atoms with van der Waals surface area (Å²) in [5.74, 6) is 1.00. The molecule has 0 spiro atoms. The van der Waals surface area contributed by atoms with Crippen LogP contribution in [0.25, 0.3) is 17.6 Å². The molecule has 0 N–H and O–H groups in total. The van der Waals surface area contributed by atoms with Crippen LogP contribution in [0.5, 0.6) is 0 Å². The third-order valence-corrected chi connectivity index (χ3v) is 5.94. The van der Waals surface area contributed by atoms with Crippen LogP contribution in [0.2, 0.25) is 0 Å². The lowest BCUT2D eigenvalue weighted by atomic mass is 10.2. The predicted molar refractivity (Wildman–Crippen MR) is 115 cm³/mol. The topological polar surface area (TPSA) is 43.1 Å². The van der Waals surface area contributed by atoms with Crippen molar-refractivity contribution in [2.45, 2.75) is 20.0 Å². The van der Waals surface area contributed by atoms with Crippen LogP contribution in [-0.2, 0) is 17.9 Å². The van der Waals surface area contributed by atoms with E-state index < -0.39 is 0 Å². The third kappa shape index (κ3) is 3.32. The number of hydrogen-bond acceptors (Lipinski definition) is 3. The highest BCUT2D eigenvalue weighted by atomic mass is 32.1. The van der Waals surface area contributed by atoms with E-state index in [1.165, 1.54) is 5.56 Å². The number of hydrogen-bond donors (Lipinski definition) is 0. The Kier molecular flexibility index (Phi) is 4.41. The first kappa shape index (κ1) is 17.7. The van der Waals surface area contributed by atoms with Crippen molar-refractivity contribution in [3.63, 3.8) is 0 Å². The molecule has 0 bridgehead atoms. The maximum absolute atomic E-state index is 12.7. The fourth-order valence-corrected chi connectivity index (χ4v) is 4.23. The zero-order valence-electron chi connectivity index (χ0n) is 16.0. The van der Waals surface area contributed by atoms with Gasteiger partial charge in [-0.05, 0) is 48.7 Å². The van der Waals surface area contributed by atoms with Gasteiger partial charge in [-0.2, -0.15) is 5.10 Å². The fraction of sp³-hybridized carbons (Fsp3) is 0.130. The Hall–Kier alpha value is -3.38. The van der Waals surface area contributed by atoms with Crippen molar-refractivity contribution in [1.82, 2.24) is 19.2 Å². The van der Waals surface area contributed by atoms with Gasteiger partial charge in [0.25, 0.3) is 0 Å². The van der Waals surface area contributed by atoms with Crippen molar-refractivity contribution < 1.29 is 4.79 Å². The zero-order valence-corrected chi connectivity index (χ0v) is 16.8. The molecule has 6 heteroatoms. The maximum atomic E-state index is 12.7. The normalized spacial score (nSPS) is 13.3. The molecule has 1 aromatic carbocycles. The lowest BCUT2D eigenvalue weighted by Gasteiger charge is -2.16. The SMILES string of the molecule is Cc1ccc(-n2nc3c(c2-n2cccc2)CN(C(=O)C=Cc2cccs2)C3)cc1. The molecule has 5 nitrogen and oxygen atoms in total. The second-order valence-corrected chi connectivity index (χ2v) is 8.11. The summed E-state index contributed by atoms with van der Waals surface area (Å²) in [6, 6.07) is 16.3. The predicted octanol–water partition coefficient (Wildman–Crippen LogP) is 4.59. The first-order valence-corrected chi connectivity index (χ1v) is 10.4. The highest BCUT2D eigenvalue weighted by Crippen LogP contribution is 2.30. The number of amides is 1. The van der Waals surface area contributed by atoms with Gasteiger partial charge in [-0.1, -0.05) is 23.8 Å². The summed E-state index contributed by atoms with van der Waals surface area (Å²) >= 11 is 1.62. The largest absolute Gasteiger partial charge is 0.329 e. The minimum absolute atomic E-state index is 0.0109. The maximum Gasteiger partial charge on any atom is 0.247 e. The second kappa shape index (κ2) is 7.22. The Morgan fingerprint density at radius 3 is 2.59 bits per heavy atom. The summed E-state index contributed by atoms with van der Waals surface area (Å²) in [5, 5.41) is 6.88. The number of carbonyl (C=O) groups is 1. The summed E-state index contributed by atoms with van der Waals surface area (Å²) in [4.78, 5) is 15.6. The van der Waals surface area contributed by atoms with Gasteiger partial charge in [-0.25, -0.2) is 4.68 Å². The van der Waals surface area contributed by atoms with E-state index in [-0.39, 0.29) is 5.91 Å². The molecule has 1 aliphatic rings. The summed E-state index contributed by atoms with van der Waals surface area (Å²) in [7, 11) is 0. The minimum Gasteiger partial charge on any atom is -0.329 e. The Morgan fingerprint density at radius 2 is 1.86 bits per heavy atom. The van der Waals surface area contributed by atoms with Crippen molar-refractivity contribution >= 4 is 23.3 Å². The van der Waals surface area contributed by atoms with Crippen molar-refractivity contribution in [2.24, 2.45) is 0 Å². The number of nitrogens with zero attached hydrogens (tertiary/aromatic N) is 4. The average Bonchev–Trinajstić information content (AvgIpc) is 3.50. The fourth-order valence-electron chi connectivity index (χ4n) is 3.61. The molecule has 0 fully saturated rings. The van der Waals surface area contributed by atoms with Crippen LogP contribution in [0.4, 0.5) is 0 Å². The van der Waals surface area contributed by atoms with E-state index in [9.17, 15) is 4.79 Å². The quantitative estimate of drug-likeness (QED) is 0.470. The molecule has 1 amide bonds. The van der Waals surface area contributed by atoms with Crippen LogP contribution in [0.1, 0.15) is 21.7 Å². The molecule has 4 aromatic rings. The van der Waals surface area contributed by atoms with Gasteiger partial charge in [0.1, 0.15) is 5.82 Å². The molecule has 0 unspecified atom stereocenters. The highest BCUT2D eigenvalue weighted by Gasteiger charge is 2.30. The van der Waals surface area contributed by atoms with E-state index in [4.69, 9.17) is 5.10 Å². The lowest BCUT2D eigenvalue weighted by Crippen LogP contribution is -2.24. The van der Waals surface area contributed by atoms with E-state index in [1.54, 1.807) is 17.4 Å². The van der Waals surface area contributed by atoms with E-state index in [1.807, 2.05) is 57.7 Å². The van der Waals surface area contributed by atoms with Crippen LogP contribution < -0.4 is 0 Å². The monoisotopic (exact) mass is 400 g/mol. The standard InChI is InChI=1S/C23H20N4OS/c1-17-6-8-18(9-7-17)27-23(25-12-2-3-13-25)20-15-26(16-21(20)24-27)22(28)11-10-19-5-4-14-29-19/h2-14H,15-16H2,1H3. The first-order chi connectivity index (χ1) is 14.2. The molecule has 0 saturated carbocycles. The second-order valence-electron chi connectivity index (χ2n) is 7.13. The summed E-state index contributed by atoms with van der Waals surface area (Å²) in [6.45, 7) is 3.16. The minimum atomic E-state index is 0.0109. The smallest absolute Gasteiger partial charge is 0.247 e. The van der Waals surface area contributed by atoms with Crippen LogP contribution in [0, 0.1) is 6.92 Å². The molecule has 0 saturated heterocycles. The lowest BCUT2D eigenvalue weighted by molar-refractivity contribution is -0.126. The van der Waals surface area contributed by atoms with Crippen LogP contribution in [0.3, 0.4) is 0 Å². The first-order valence-electron chi connectivity index (χ1n) is 9.51. The Labute approximate surface area is 173 Å². The van der Waals surface area contributed by atoms with Gasteiger partial charge >= 0.3 is 0 Å². The van der Waals surface area contributed by atoms with Gasteiger partial charge in [0, 0.05) is 28.9 Å². The van der Waals surface area contributed by atoms with Crippen molar-refractivity contribution in [2.75, 3.05) is 0 Å². The molecule has 5 rings (SSSR count). The molecule has 4 heterocycles. The van der Waals surface area contributed by atoms with Gasteiger partial charge < -0.3 is 9.47 Å². The molecular formula is C23H20N4OS. The summed E-state index contributed by atoms with van der Waals surface area (Å²) in [6.07, 6.45) is 7.57. The van der Waals surface area contributed by atoms with E-state index in [2.05, 4.69) is 35.8 Å². The van der Waals surface area contributed by atoms with Crippen molar-refractivity contribution in [3.05, 3.63) is 94.1 Å². The molecule has 1 aliphatic heterocycles. The molecule has 0 aliphatic carbocycles. The third-order valence-electron chi connectivity index (χ3n) is 5.10. The number of carbonyl (C=O) groups excluding carboxylic acids is 1. The van der Waals surface area contributed by atoms with Gasteiger partial charge in [0.2, 0.25) is 5.91 Å². The zero-order chi connectivity index (χ0) is 19.8. The molecular weight excluding hydrogens is 380 g/mol. The molecule has 0 radical (unpaired) electrons. The number of fused-ring (bicyclic) bond motifs is 1. The number of aromatic nitrogens is 3. The van der Waals surface area contributed by atoms with Crippen LogP contribution >= 0.6 is 11.3 Å². The molecule has 0 atom stereocenters. The van der Waals surface area contributed by atoms with E-state index in [0.717, 1.165) is 27.6 Å².